The molecule has 2 rings (SSSR count). The SMILES string of the molecule is CC(C)(C)OC(=O)N1Cc2cnc(CCl)nc2C1. The van der Waals surface area contributed by atoms with Crippen molar-refractivity contribution in [3.8, 4) is 0 Å². The molecule has 0 bridgehead atoms. The first-order valence-electron chi connectivity index (χ1n) is 5.76. The van der Waals surface area contributed by atoms with E-state index in [9.17, 15) is 4.79 Å². The Labute approximate surface area is 111 Å². The highest BCUT2D eigenvalue weighted by Crippen LogP contribution is 2.22. The van der Waals surface area contributed by atoms with Crippen molar-refractivity contribution in [2.24, 2.45) is 0 Å². The van der Waals surface area contributed by atoms with Gasteiger partial charge in [-0.1, -0.05) is 0 Å². The minimum absolute atomic E-state index is 0.277. The number of carbonyl (C=O) groups is 1. The van der Waals surface area contributed by atoms with Crippen LogP contribution >= 0.6 is 11.6 Å². The van der Waals surface area contributed by atoms with Gasteiger partial charge in [-0.05, 0) is 20.8 Å². The number of hydrogen-bond acceptors (Lipinski definition) is 4. The average molecular weight is 270 g/mol. The van der Waals surface area contributed by atoms with Gasteiger partial charge < -0.3 is 4.74 Å². The Bertz CT molecular complexity index is 471. The van der Waals surface area contributed by atoms with Crippen LogP contribution in [0.25, 0.3) is 0 Å². The second kappa shape index (κ2) is 4.72. The average Bonchev–Trinajstić information content (AvgIpc) is 2.69. The summed E-state index contributed by atoms with van der Waals surface area (Å²) in [7, 11) is 0. The molecule has 18 heavy (non-hydrogen) atoms. The predicted octanol–water partition coefficient (Wildman–Crippen LogP) is 2.47. The van der Waals surface area contributed by atoms with Crippen LogP contribution in [0.2, 0.25) is 0 Å². The molecule has 1 aromatic rings. The number of carbonyl (C=O) groups excluding carboxylic acids is 1. The Balaban J connectivity index is 2.08. The Morgan fingerprint density at radius 3 is 2.83 bits per heavy atom. The van der Waals surface area contributed by atoms with Crippen LogP contribution < -0.4 is 0 Å². The third kappa shape index (κ3) is 2.90. The van der Waals surface area contributed by atoms with Gasteiger partial charge in [0.15, 0.2) is 0 Å². The first-order chi connectivity index (χ1) is 8.39. The molecule has 0 radical (unpaired) electrons. The van der Waals surface area contributed by atoms with Crippen molar-refractivity contribution in [1.29, 1.82) is 0 Å². The molecule has 0 saturated carbocycles. The first kappa shape index (κ1) is 13.1. The first-order valence-corrected chi connectivity index (χ1v) is 6.30. The van der Waals surface area contributed by atoms with E-state index in [1.54, 1.807) is 11.1 Å². The molecule has 1 aliphatic heterocycles. The molecule has 6 heteroatoms. The van der Waals surface area contributed by atoms with Crippen molar-refractivity contribution in [3.63, 3.8) is 0 Å². The fraction of sp³-hybridized carbons (Fsp3) is 0.583. The third-order valence-corrected chi connectivity index (χ3v) is 2.72. The number of amides is 1. The molecule has 0 fully saturated rings. The second-order valence-electron chi connectivity index (χ2n) is 5.23. The summed E-state index contributed by atoms with van der Waals surface area (Å²) in [6.45, 7) is 6.49. The summed E-state index contributed by atoms with van der Waals surface area (Å²) in [5, 5.41) is 0. The summed E-state index contributed by atoms with van der Waals surface area (Å²) in [5.74, 6) is 0.862. The summed E-state index contributed by atoms with van der Waals surface area (Å²) in [4.78, 5) is 22.0. The molecule has 5 nitrogen and oxygen atoms in total. The van der Waals surface area contributed by atoms with Crippen LogP contribution in [0.1, 0.15) is 37.9 Å². The molecule has 1 aromatic heterocycles. The van der Waals surface area contributed by atoms with Crippen LogP contribution in [0.5, 0.6) is 0 Å². The third-order valence-electron chi connectivity index (χ3n) is 2.48. The zero-order chi connectivity index (χ0) is 13.3. The van der Waals surface area contributed by atoms with Crippen LogP contribution in [0, 0.1) is 0 Å². The topological polar surface area (TPSA) is 55.3 Å². The van der Waals surface area contributed by atoms with Gasteiger partial charge in [-0.15, -0.1) is 11.6 Å². The number of alkyl halides is 1. The largest absolute Gasteiger partial charge is 0.444 e. The van der Waals surface area contributed by atoms with Gasteiger partial charge in [-0.3, -0.25) is 4.90 Å². The second-order valence-corrected chi connectivity index (χ2v) is 5.50. The fourth-order valence-corrected chi connectivity index (χ4v) is 1.84. The van der Waals surface area contributed by atoms with Crippen molar-refractivity contribution in [2.75, 3.05) is 0 Å². The molecule has 0 N–H and O–H groups in total. The van der Waals surface area contributed by atoms with Crippen LogP contribution in [0.15, 0.2) is 6.20 Å². The van der Waals surface area contributed by atoms with Crippen LogP contribution in [0.3, 0.4) is 0 Å². The lowest BCUT2D eigenvalue weighted by molar-refractivity contribution is 0.0240. The summed E-state index contributed by atoms with van der Waals surface area (Å²) in [5.41, 5.74) is 1.32. The maximum absolute atomic E-state index is 11.9. The Kier molecular flexibility index (Phi) is 3.43. The van der Waals surface area contributed by atoms with Crippen molar-refractivity contribution in [1.82, 2.24) is 14.9 Å². The van der Waals surface area contributed by atoms with E-state index in [1.807, 2.05) is 20.8 Å². The highest BCUT2D eigenvalue weighted by Gasteiger charge is 2.28. The summed E-state index contributed by atoms with van der Waals surface area (Å²) >= 11 is 5.68. The predicted molar refractivity (Wildman–Crippen MR) is 67.1 cm³/mol. The van der Waals surface area contributed by atoms with Gasteiger partial charge in [0.05, 0.1) is 24.7 Å². The van der Waals surface area contributed by atoms with Crippen molar-refractivity contribution < 1.29 is 9.53 Å². The van der Waals surface area contributed by atoms with Gasteiger partial charge >= 0.3 is 6.09 Å². The van der Waals surface area contributed by atoms with Crippen LogP contribution in [0.4, 0.5) is 4.79 Å². The Morgan fingerprint density at radius 2 is 2.22 bits per heavy atom. The van der Waals surface area contributed by atoms with Crippen LogP contribution in [-0.2, 0) is 23.7 Å². The molecule has 98 valence electrons. The number of fused-ring (bicyclic) bond motifs is 1. The monoisotopic (exact) mass is 269 g/mol. The number of ether oxygens (including phenoxy) is 1. The molecular weight excluding hydrogens is 254 g/mol. The number of rotatable bonds is 1. The summed E-state index contributed by atoms with van der Waals surface area (Å²) < 4.78 is 5.32. The molecular formula is C12H16ClN3O2. The molecule has 0 unspecified atom stereocenters. The molecule has 1 amide bonds. The molecule has 2 heterocycles. The van der Waals surface area contributed by atoms with E-state index in [0.29, 0.717) is 18.9 Å². The normalized spacial score (nSPS) is 14.6. The fourth-order valence-electron chi connectivity index (χ4n) is 1.71. The number of aromatic nitrogens is 2. The van der Waals surface area contributed by atoms with E-state index >= 15 is 0 Å². The lowest BCUT2D eigenvalue weighted by Crippen LogP contribution is -2.33. The molecule has 0 atom stereocenters. The van der Waals surface area contributed by atoms with E-state index < -0.39 is 5.60 Å². The van der Waals surface area contributed by atoms with E-state index in [-0.39, 0.29) is 12.0 Å². The minimum atomic E-state index is -0.487. The lowest BCUT2D eigenvalue weighted by atomic mass is 10.2. The van der Waals surface area contributed by atoms with Crippen molar-refractivity contribution >= 4 is 17.7 Å². The molecule has 0 aliphatic carbocycles. The van der Waals surface area contributed by atoms with Gasteiger partial charge in [0.2, 0.25) is 0 Å². The summed E-state index contributed by atoms with van der Waals surface area (Å²) in [6, 6.07) is 0. The number of nitrogens with zero attached hydrogens (tertiary/aromatic N) is 3. The minimum Gasteiger partial charge on any atom is -0.444 e. The highest BCUT2D eigenvalue weighted by atomic mass is 35.5. The Morgan fingerprint density at radius 1 is 1.50 bits per heavy atom. The lowest BCUT2D eigenvalue weighted by Gasteiger charge is -2.23. The van der Waals surface area contributed by atoms with Gasteiger partial charge in [0.25, 0.3) is 0 Å². The van der Waals surface area contributed by atoms with Crippen molar-refractivity contribution in [3.05, 3.63) is 23.3 Å². The van der Waals surface area contributed by atoms with Gasteiger partial charge in [-0.2, -0.15) is 0 Å². The smallest absolute Gasteiger partial charge is 0.410 e. The Hall–Kier alpha value is -1.36. The van der Waals surface area contributed by atoms with E-state index in [0.717, 1.165) is 11.3 Å². The zero-order valence-electron chi connectivity index (χ0n) is 10.7. The van der Waals surface area contributed by atoms with Gasteiger partial charge in [-0.25, -0.2) is 14.8 Å². The van der Waals surface area contributed by atoms with E-state index in [1.165, 1.54) is 0 Å². The summed E-state index contributed by atoms with van der Waals surface area (Å²) in [6.07, 6.45) is 1.40. The van der Waals surface area contributed by atoms with E-state index in [2.05, 4.69) is 9.97 Å². The quantitative estimate of drug-likeness (QED) is 0.735. The molecule has 0 spiro atoms. The maximum Gasteiger partial charge on any atom is 0.410 e. The zero-order valence-corrected chi connectivity index (χ0v) is 11.5. The van der Waals surface area contributed by atoms with Gasteiger partial charge in [0, 0.05) is 11.8 Å². The highest BCUT2D eigenvalue weighted by molar-refractivity contribution is 6.16. The van der Waals surface area contributed by atoms with Crippen molar-refractivity contribution in [2.45, 2.75) is 45.3 Å². The molecule has 0 aromatic carbocycles. The number of hydrogen-bond donors (Lipinski definition) is 0. The van der Waals surface area contributed by atoms with Gasteiger partial charge in [0.1, 0.15) is 11.4 Å². The standard InChI is InChI=1S/C12H16ClN3O2/c1-12(2,3)18-11(17)16-6-8-5-14-10(4-13)15-9(8)7-16/h5H,4,6-7H2,1-3H3. The number of halogens is 1. The van der Waals surface area contributed by atoms with Crippen LogP contribution in [-0.4, -0.2) is 26.6 Å². The van der Waals surface area contributed by atoms with E-state index in [4.69, 9.17) is 16.3 Å². The molecule has 1 aliphatic rings. The molecule has 0 saturated heterocycles. The maximum atomic E-state index is 11.9.